The van der Waals surface area contributed by atoms with Crippen LogP contribution in [0, 0.1) is 0 Å². The van der Waals surface area contributed by atoms with Crippen LogP contribution in [0.4, 0.5) is 8.78 Å². The molecule has 0 saturated heterocycles. The molecule has 4 nitrogen and oxygen atoms in total. The molecule has 0 aliphatic carbocycles. The van der Waals surface area contributed by atoms with Crippen LogP contribution in [-0.4, -0.2) is 10.00 Å². The smallest absolute Gasteiger partial charge is 0.392 e. The predicted molar refractivity (Wildman–Crippen MR) is 54.9 cm³/mol. The summed E-state index contributed by atoms with van der Waals surface area (Å²) in [5.74, 6) is 0. The van der Waals surface area contributed by atoms with Crippen molar-refractivity contribution in [2.24, 2.45) is 0 Å². The molecular weight excluding hydrogens is 309 g/mol. The summed E-state index contributed by atoms with van der Waals surface area (Å²) in [6, 6.07) is 3.55. The molecule has 0 radical (unpaired) electrons. The molecule has 0 spiro atoms. The van der Waals surface area contributed by atoms with Gasteiger partial charge in [-0.2, -0.15) is 8.78 Å². The number of hydrogen-bond acceptors (Lipinski definition) is 3. The number of alkyl halides is 2. The van der Waals surface area contributed by atoms with Crippen LogP contribution in [-0.2, 0) is 21.8 Å². The third-order valence-electron chi connectivity index (χ3n) is 1.72. The second-order valence-corrected chi connectivity index (χ2v) is 4.33. The summed E-state index contributed by atoms with van der Waals surface area (Å²) >= 11 is 2.87. The summed E-state index contributed by atoms with van der Waals surface area (Å²) in [5.41, 5.74) is -0.151. The molecule has 88 valence electrons. The van der Waals surface area contributed by atoms with Crippen molar-refractivity contribution in [2.75, 3.05) is 0 Å². The molecule has 16 heavy (non-hydrogen) atoms. The van der Waals surface area contributed by atoms with Crippen molar-refractivity contribution in [3.05, 3.63) is 33.8 Å². The molecule has 1 aromatic rings. The van der Waals surface area contributed by atoms with Gasteiger partial charge in [0.25, 0.3) is 0 Å². The maximum atomic E-state index is 13.2. The van der Waals surface area contributed by atoms with Gasteiger partial charge in [-0.1, -0.05) is 22.0 Å². The molecule has 0 bridgehead atoms. The van der Waals surface area contributed by atoms with E-state index in [9.17, 15) is 13.3 Å². The summed E-state index contributed by atoms with van der Waals surface area (Å²) in [6.45, 7) is -0.292. The van der Waals surface area contributed by atoms with E-state index in [4.69, 9.17) is 10.00 Å². The molecule has 0 aliphatic heterocycles. The standard InChI is InChI=1S/C8H6BrF2O4P/c9-7-3-5(4-12)1-2-6(7)8(10,11)15-16(13)14/h1-3,12H,4H2/p+1. The van der Waals surface area contributed by atoms with E-state index in [-0.39, 0.29) is 11.1 Å². The Morgan fingerprint density at radius 2 is 2.12 bits per heavy atom. The van der Waals surface area contributed by atoms with Crippen LogP contribution in [0.2, 0.25) is 0 Å². The van der Waals surface area contributed by atoms with E-state index >= 15 is 0 Å². The van der Waals surface area contributed by atoms with Gasteiger partial charge in [-0.15, -0.1) is 4.89 Å². The summed E-state index contributed by atoms with van der Waals surface area (Å²) in [6.07, 6.45) is -3.87. The predicted octanol–water partition coefficient (Wildman–Crippen LogP) is 2.66. The summed E-state index contributed by atoms with van der Waals surface area (Å²) in [7, 11) is -3.41. The first-order chi connectivity index (χ1) is 7.36. The van der Waals surface area contributed by atoms with Crippen LogP contribution < -0.4 is 0 Å². The van der Waals surface area contributed by atoms with Crippen molar-refractivity contribution < 1.29 is 27.9 Å². The minimum absolute atomic E-state index is 0.0131. The molecule has 0 saturated carbocycles. The van der Waals surface area contributed by atoms with E-state index in [2.05, 4.69) is 20.5 Å². The monoisotopic (exact) mass is 315 g/mol. The van der Waals surface area contributed by atoms with E-state index in [1.54, 1.807) is 0 Å². The van der Waals surface area contributed by atoms with Crippen molar-refractivity contribution in [1.29, 1.82) is 0 Å². The molecule has 8 heteroatoms. The van der Waals surface area contributed by atoms with Crippen LogP contribution in [0.25, 0.3) is 0 Å². The quantitative estimate of drug-likeness (QED) is 0.838. The highest BCUT2D eigenvalue weighted by atomic mass is 79.9. The Morgan fingerprint density at radius 1 is 1.50 bits per heavy atom. The second-order valence-electron chi connectivity index (χ2n) is 2.82. The highest BCUT2D eigenvalue weighted by molar-refractivity contribution is 9.10. The number of halogens is 3. The molecule has 1 aromatic carbocycles. The Labute approximate surface area is 98.9 Å². The lowest BCUT2D eigenvalue weighted by Gasteiger charge is -2.11. The maximum Gasteiger partial charge on any atom is 0.701 e. The molecule has 0 heterocycles. The van der Waals surface area contributed by atoms with Gasteiger partial charge in [0, 0.05) is 9.04 Å². The molecule has 1 unspecified atom stereocenters. The SMILES string of the molecule is O=[P+](O)OC(F)(F)c1ccc(CO)cc1Br. The van der Waals surface area contributed by atoms with Gasteiger partial charge < -0.3 is 5.11 Å². The van der Waals surface area contributed by atoms with Crippen LogP contribution in [0.5, 0.6) is 0 Å². The number of hydrogen-bond donors (Lipinski definition) is 2. The van der Waals surface area contributed by atoms with Gasteiger partial charge >= 0.3 is 14.4 Å². The van der Waals surface area contributed by atoms with E-state index in [1.165, 1.54) is 12.1 Å². The fourth-order valence-electron chi connectivity index (χ4n) is 1.04. The van der Waals surface area contributed by atoms with Crippen molar-refractivity contribution in [1.82, 2.24) is 0 Å². The van der Waals surface area contributed by atoms with Gasteiger partial charge in [-0.3, -0.25) is 0 Å². The third-order valence-corrected chi connectivity index (χ3v) is 2.76. The zero-order chi connectivity index (χ0) is 12.3. The first-order valence-corrected chi connectivity index (χ1v) is 5.92. The summed E-state index contributed by atoms with van der Waals surface area (Å²) < 4.78 is 40.3. The zero-order valence-electron chi connectivity index (χ0n) is 7.73. The second kappa shape index (κ2) is 5.25. The van der Waals surface area contributed by atoms with E-state index in [0.717, 1.165) is 6.07 Å². The summed E-state index contributed by atoms with van der Waals surface area (Å²) in [4.78, 5) is 8.29. The van der Waals surface area contributed by atoms with Gasteiger partial charge in [0.05, 0.1) is 12.2 Å². The minimum Gasteiger partial charge on any atom is -0.392 e. The van der Waals surface area contributed by atoms with E-state index in [0.29, 0.717) is 5.56 Å². The zero-order valence-corrected chi connectivity index (χ0v) is 10.2. The highest BCUT2D eigenvalue weighted by Gasteiger charge is 2.44. The average Bonchev–Trinajstić information content (AvgIpc) is 2.14. The summed E-state index contributed by atoms with van der Waals surface area (Å²) in [5, 5.41) is 8.77. The number of aliphatic hydroxyl groups is 1. The average molecular weight is 316 g/mol. The molecule has 0 amide bonds. The molecule has 1 atom stereocenters. The first-order valence-electron chi connectivity index (χ1n) is 3.99. The third kappa shape index (κ3) is 3.26. The van der Waals surface area contributed by atoms with E-state index < -0.39 is 19.9 Å². The lowest BCUT2D eigenvalue weighted by atomic mass is 10.1. The minimum atomic E-state index is -3.87. The van der Waals surface area contributed by atoms with E-state index in [1.807, 2.05) is 0 Å². The van der Waals surface area contributed by atoms with Crippen molar-refractivity contribution >= 4 is 24.2 Å². The van der Waals surface area contributed by atoms with Gasteiger partial charge in [-0.05, 0) is 22.2 Å². The van der Waals surface area contributed by atoms with Gasteiger partial charge in [0.15, 0.2) is 0 Å². The van der Waals surface area contributed by atoms with Gasteiger partial charge in [-0.25, -0.2) is 0 Å². The van der Waals surface area contributed by atoms with Crippen molar-refractivity contribution in [3.63, 3.8) is 0 Å². The maximum absolute atomic E-state index is 13.2. The number of aliphatic hydroxyl groups excluding tert-OH is 1. The lowest BCUT2D eigenvalue weighted by molar-refractivity contribution is -0.186. The normalized spacial score (nSPS) is 12.7. The van der Waals surface area contributed by atoms with Crippen LogP contribution >= 0.6 is 24.2 Å². The fourth-order valence-corrected chi connectivity index (χ4v) is 1.99. The Bertz CT molecular complexity index is 413. The van der Waals surface area contributed by atoms with Crippen molar-refractivity contribution in [3.8, 4) is 0 Å². The van der Waals surface area contributed by atoms with Gasteiger partial charge in [0.1, 0.15) is 0 Å². The first kappa shape index (κ1) is 13.6. The van der Waals surface area contributed by atoms with Crippen LogP contribution in [0.1, 0.15) is 11.1 Å². The number of rotatable bonds is 4. The lowest BCUT2D eigenvalue weighted by Crippen LogP contribution is -2.15. The largest absolute Gasteiger partial charge is 0.701 e. The van der Waals surface area contributed by atoms with Crippen LogP contribution in [0.3, 0.4) is 0 Å². The molecule has 2 N–H and O–H groups in total. The Kier molecular flexibility index (Phi) is 4.46. The molecule has 0 aliphatic rings. The topological polar surface area (TPSA) is 66.8 Å². The van der Waals surface area contributed by atoms with Crippen LogP contribution in [0.15, 0.2) is 22.7 Å². The molecule has 0 aromatic heterocycles. The molecular formula is C8H7BrF2O4P+. The molecule has 1 rings (SSSR count). The Hall–Kier alpha value is -0.460. The van der Waals surface area contributed by atoms with Crippen molar-refractivity contribution in [2.45, 2.75) is 12.7 Å². The fraction of sp³-hybridized carbons (Fsp3) is 0.250. The number of benzene rings is 1. The Morgan fingerprint density at radius 3 is 2.56 bits per heavy atom. The highest BCUT2D eigenvalue weighted by Crippen LogP contribution is 2.40. The Balaban J connectivity index is 3.08. The van der Waals surface area contributed by atoms with Gasteiger partial charge in [0.2, 0.25) is 0 Å². The molecule has 0 fully saturated rings.